The smallest absolute Gasteiger partial charge is 0.291 e. The van der Waals surface area contributed by atoms with Crippen molar-refractivity contribution in [1.82, 2.24) is 10.6 Å². The molecule has 1 atom stereocenters. The summed E-state index contributed by atoms with van der Waals surface area (Å²) in [5.74, 6) is -0.241. The summed E-state index contributed by atoms with van der Waals surface area (Å²) in [5, 5.41) is 8.98. The standard InChI is InChI=1S/C17H18BrN3O3/c18-15-8-7-14(24-15)17(23)21-12-5-3-11(4-6-12)16(22)20-10-13-2-1-9-19-13/h3-8,13,19H,1-2,9-10H2,(H,20,22)(H,21,23). The van der Waals surface area contributed by atoms with Crippen molar-refractivity contribution in [2.24, 2.45) is 0 Å². The Balaban J connectivity index is 1.54. The van der Waals surface area contributed by atoms with Crippen molar-refractivity contribution >= 4 is 33.4 Å². The predicted molar refractivity (Wildman–Crippen MR) is 94.2 cm³/mol. The molecule has 2 heterocycles. The maximum absolute atomic E-state index is 12.1. The number of anilines is 1. The lowest BCUT2D eigenvalue weighted by Crippen LogP contribution is -2.37. The van der Waals surface area contributed by atoms with E-state index >= 15 is 0 Å². The molecule has 24 heavy (non-hydrogen) atoms. The van der Waals surface area contributed by atoms with E-state index in [4.69, 9.17) is 4.42 Å². The number of rotatable bonds is 5. The average Bonchev–Trinajstić information content (AvgIpc) is 3.25. The molecule has 1 aliphatic heterocycles. The molecular formula is C17H18BrN3O3. The zero-order chi connectivity index (χ0) is 16.9. The fraction of sp³-hybridized carbons (Fsp3) is 0.294. The average molecular weight is 392 g/mol. The van der Waals surface area contributed by atoms with E-state index in [1.54, 1.807) is 36.4 Å². The topological polar surface area (TPSA) is 83.4 Å². The summed E-state index contributed by atoms with van der Waals surface area (Å²) >= 11 is 3.15. The molecule has 3 rings (SSSR count). The minimum absolute atomic E-state index is 0.114. The third kappa shape index (κ3) is 4.24. The van der Waals surface area contributed by atoms with Gasteiger partial charge in [0.15, 0.2) is 10.4 Å². The second kappa shape index (κ2) is 7.63. The Labute approximate surface area is 148 Å². The number of hydrogen-bond donors (Lipinski definition) is 3. The Morgan fingerprint density at radius 3 is 2.58 bits per heavy atom. The number of furan rings is 1. The summed E-state index contributed by atoms with van der Waals surface area (Å²) in [7, 11) is 0. The molecule has 0 radical (unpaired) electrons. The van der Waals surface area contributed by atoms with Crippen LogP contribution in [0.4, 0.5) is 5.69 Å². The molecule has 0 aliphatic carbocycles. The summed E-state index contributed by atoms with van der Waals surface area (Å²) in [6, 6.07) is 10.4. The van der Waals surface area contributed by atoms with Gasteiger partial charge in [0.25, 0.3) is 11.8 Å². The second-order valence-corrected chi connectivity index (χ2v) is 6.42. The number of halogens is 1. The molecule has 6 nitrogen and oxygen atoms in total. The summed E-state index contributed by atoms with van der Waals surface area (Å²) in [6.45, 7) is 1.64. The van der Waals surface area contributed by atoms with Crippen LogP contribution in [0.2, 0.25) is 0 Å². The monoisotopic (exact) mass is 391 g/mol. The van der Waals surface area contributed by atoms with Crippen molar-refractivity contribution in [2.45, 2.75) is 18.9 Å². The van der Waals surface area contributed by atoms with Gasteiger partial charge < -0.3 is 20.4 Å². The van der Waals surface area contributed by atoms with E-state index < -0.39 is 0 Å². The molecule has 1 saturated heterocycles. The highest BCUT2D eigenvalue weighted by molar-refractivity contribution is 9.10. The number of carbonyl (C=O) groups is 2. The Kier molecular flexibility index (Phi) is 5.32. The maximum Gasteiger partial charge on any atom is 0.291 e. The fourth-order valence-corrected chi connectivity index (χ4v) is 2.89. The SMILES string of the molecule is O=C(NCC1CCCN1)c1ccc(NC(=O)c2ccc(Br)o2)cc1. The fourth-order valence-electron chi connectivity index (χ4n) is 2.58. The summed E-state index contributed by atoms with van der Waals surface area (Å²) < 4.78 is 5.69. The Hall–Kier alpha value is -2.12. The lowest BCUT2D eigenvalue weighted by atomic mass is 10.1. The predicted octanol–water partition coefficient (Wildman–Crippen LogP) is 2.78. The van der Waals surface area contributed by atoms with Gasteiger partial charge in [0.05, 0.1) is 0 Å². The zero-order valence-corrected chi connectivity index (χ0v) is 14.6. The van der Waals surface area contributed by atoms with Crippen LogP contribution in [0.15, 0.2) is 45.5 Å². The van der Waals surface area contributed by atoms with E-state index in [1.165, 1.54) is 0 Å². The van der Waals surface area contributed by atoms with Crippen LogP contribution in [0, 0.1) is 0 Å². The van der Waals surface area contributed by atoms with E-state index in [-0.39, 0.29) is 17.6 Å². The van der Waals surface area contributed by atoms with Crippen LogP contribution in [0.25, 0.3) is 0 Å². The van der Waals surface area contributed by atoms with Gasteiger partial charge in [0.1, 0.15) is 0 Å². The Bertz CT molecular complexity index is 721. The molecule has 1 fully saturated rings. The number of hydrogen-bond acceptors (Lipinski definition) is 4. The number of carbonyl (C=O) groups excluding carboxylic acids is 2. The highest BCUT2D eigenvalue weighted by Gasteiger charge is 2.15. The van der Waals surface area contributed by atoms with Gasteiger partial charge in [-0.05, 0) is 71.7 Å². The first-order chi connectivity index (χ1) is 11.6. The van der Waals surface area contributed by atoms with E-state index in [2.05, 4.69) is 31.9 Å². The maximum atomic E-state index is 12.1. The van der Waals surface area contributed by atoms with Crippen LogP contribution in [0.1, 0.15) is 33.8 Å². The third-order valence-electron chi connectivity index (χ3n) is 3.87. The van der Waals surface area contributed by atoms with Gasteiger partial charge in [-0.15, -0.1) is 0 Å². The van der Waals surface area contributed by atoms with Crippen LogP contribution in [-0.4, -0.2) is 30.9 Å². The van der Waals surface area contributed by atoms with E-state index in [0.717, 1.165) is 19.4 Å². The van der Waals surface area contributed by atoms with Crippen molar-refractivity contribution in [3.63, 3.8) is 0 Å². The van der Waals surface area contributed by atoms with Gasteiger partial charge >= 0.3 is 0 Å². The van der Waals surface area contributed by atoms with Crippen LogP contribution in [0.3, 0.4) is 0 Å². The van der Waals surface area contributed by atoms with Gasteiger partial charge in [-0.2, -0.15) is 0 Å². The van der Waals surface area contributed by atoms with Gasteiger partial charge in [-0.3, -0.25) is 9.59 Å². The third-order valence-corrected chi connectivity index (χ3v) is 4.30. The van der Waals surface area contributed by atoms with Gasteiger partial charge in [-0.1, -0.05) is 0 Å². The zero-order valence-electron chi connectivity index (χ0n) is 13.0. The highest BCUT2D eigenvalue weighted by Crippen LogP contribution is 2.16. The normalized spacial score (nSPS) is 16.8. The first-order valence-electron chi connectivity index (χ1n) is 7.80. The molecule has 3 N–H and O–H groups in total. The molecule has 2 aromatic rings. The van der Waals surface area contributed by atoms with Crippen molar-refractivity contribution in [3.8, 4) is 0 Å². The summed E-state index contributed by atoms with van der Waals surface area (Å²) in [5.41, 5.74) is 1.16. The number of benzene rings is 1. The van der Waals surface area contributed by atoms with Gasteiger partial charge in [-0.25, -0.2) is 0 Å². The molecule has 1 aromatic carbocycles. The lowest BCUT2D eigenvalue weighted by molar-refractivity contribution is 0.0949. The summed E-state index contributed by atoms with van der Waals surface area (Å²) in [6.07, 6.45) is 2.25. The van der Waals surface area contributed by atoms with Crippen molar-refractivity contribution in [2.75, 3.05) is 18.4 Å². The number of nitrogens with one attached hydrogen (secondary N) is 3. The molecule has 2 amide bonds. The van der Waals surface area contributed by atoms with Crippen molar-refractivity contribution in [1.29, 1.82) is 0 Å². The van der Waals surface area contributed by atoms with Crippen LogP contribution in [0.5, 0.6) is 0 Å². The molecule has 0 saturated carbocycles. The molecule has 1 unspecified atom stereocenters. The molecule has 1 aliphatic rings. The van der Waals surface area contributed by atoms with Crippen LogP contribution < -0.4 is 16.0 Å². The second-order valence-electron chi connectivity index (χ2n) is 5.64. The number of amides is 2. The first-order valence-corrected chi connectivity index (χ1v) is 8.59. The molecule has 0 bridgehead atoms. The minimum atomic E-state index is -0.342. The van der Waals surface area contributed by atoms with Crippen LogP contribution >= 0.6 is 15.9 Å². The summed E-state index contributed by atoms with van der Waals surface area (Å²) in [4.78, 5) is 24.1. The van der Waals surface area contributed by atoms with Crippen molar-refractivity contribution in [3.05, 3.63) is 52.4 Å². The van der Waals surface area contributed by atoms with E-state index in [1.807, 2.05) is 0 Å². The Morgan fingerprint density at radius 2 is 1.96 bits per heavy atom. The van der Waals surface area contributed by atoms with Crippen LogP contribution in [-0.2, 0) is 0 Å². The largest absolute Gasteiger partial charge is 0.444 e. The molecule has 7 heteroatoms. The molecule has 1 aromatic heterocycles. The van der Waals surface area contributed by atoms with E-state index in [9.17, 15) is 9.59 Å². The lowest BCUT2D eigenvalue weighted by Gasteiger charge is -2.11. The Morgan fingerprint density at radius 1 is 1.17 bits per heavy atom. The van der Waals surface area contributed by atoms with Crippen molar-refractivity contribution < 1.29 is 14.0 Å². The molecule has 126 valence electrons. The molecular weight excluding hydrogens is 374 g/mol. The van der Waals surface area contributed by atoms with E-state index in [0.29, 0.717) is 28.5 Å². The van der Waals surface area contributed by atoms with Gasteiger partial charge in [0.2, 0.25) is 0 Å². The molecule has 0 spiro atoms. The quantitative estimate of drug-likeness (QED) is 0.731. The minimum Gasteiger partial charge on any atom is -0.444 e. The first kappa shape index (κ1) is 16.7. The highest BCUT2D eigenvalue weighted by atomic mass is 79.9. The van der Waals surface area contributed by atoms with Gasteiger partial charge in [0, 0.05) is 23.8 Å².